The second-order valence-electron chi connectivity index (χ2n) is 4.94. The molecule has 3 unspecified atom stereocenters. The third kappa shape index (κ3) is 3.39. The molecule has 5 heteroatoms. The highest BCUT2D eigenvalue weighted by Crippen LogP contribution is 2.26. The summed E-state index contributed by atoms with van der Waals surface area (Å²) in [5.41, 5.74) is 0. The Morgan fingerprint density at radius 3 is 2.58 bits per heavy atom. The summed E-state index contributed by atoms with van der Waals surface area (Å²) in [5.74, 6) is -1.83. The van der Waals surface area contributed by atoms with Gasteiger partial charge in [0.05, 0.1) is 16.0 Å². The number of benzene rings is 1. The standard InChI is InChI=1S/C14H19F2NOS/c1-17-13-5-3-2-4-6-14(13)19(18)10-7-8-11(15)12(16)9-10/h7-9,13-14,17H,2-6H2,1H3. The van der Waals surface area contributed by atoms with Crippen LogP contribution in [0.15, 0.2) is 23.1 Å². The Labute approximate surface area is 115 Å². The van der Waals surface area contributed by atoms with Crippen molar-refractivity contribution in [1.82, 2.24) is 5.32 Å². The van der Waals surface area contributed by atoms with Crippen LogP contribution < -0.4 is 5.32 Å². The third-order valence-corrected chi connectivity index (χ3v) is 5.55. The van der Waals surface area contributed by atoms with Crippen LogP contribution in [0.3, 0.4) is 0 Å². The average Bonchev–Trinajstić information content (AvgIpc) is 2.66. The molecule has 0 saturated heterocycles. The molecule has 1 N–H and O–H groups in total. The molecule has 1 saturated carbocycles. The number of hydrogen-bond acceptors (Lipinski definition) is 2. The van der Waals surface area contributed by atoms with Crippen molar-refractivity contribution in [2.45, 2.75) is 48.3 Å². The molecule has 1 fully saturated rings. The topological polar surface area (TPSA) is 29.1 Å². The maximum absolute atomic E-state index is 13.2. The van der Waals surface area contributed by atoms with Gasteiger partial charge in [0, 0.05) is 10.9 Å². The van der Waals surface area contributed by atoms with Gasteiger partial charge in [0.1, 0.15) is 0 Å². The van der Waals surface area contributed by atoms with Gasteiger partial charge < -0.3 is 5.32 Å². The van der Waals surface area contributed by atoms with E-state index in [1.165, 1.54) is 6.07 Å². The highest BCUT2D eigenvalue weighted by molar-refractivity contribution is 7.85. The Kier molecular flexibility index (Phi) is 5.05. The molecular formula is C14H19F2NOS. The molecule has 0 amide bonds. The highest BCUT2D eigenvalue weighted by atomic mass is 32.2. The summed E-state index contributed by atoms with van der Waals surface area (Å²) in [6.07, 6.45) is 5.15. The summed E-state index contributed by atoms with van der Waals surface area (Å²) >= 11 is 0. The van der Waals surface area contributed by atoms with E-state index in [0.717, 1.165) is 44.2 Å². The molecule has 1 aromatic rings. The Balaban J connectivity index is 2.22. The van der Waals surface area contributed by atoms with Crippen molar-refractivity contribution in [3.63, 3.8) is 0 Å². The van der Waals surface area contributed by atoms with Gasteiger partial charge in [-0.1, -0.05) is 19.3 Å². The SMILES string of the molecule is CNC1CCCCCC1S(=O)c1ccc(F)c(F)c1. The van der Waals surface area contributed by atoms with Crippen LogP contribution >= 0.6 is 0 Å². The monoisotopic (exact) mass is 287 g/mol. The molecule has 0 spiro atoms. The maximum Gasteiger partial charge on any atom is 0.160 e. The molecule has 19 heavy (non-hydrogen) atoms. The molecule has 0 heterocycles. The van der Waals surface area contributed by atoms with Crippen LogP contribution in [0, 0.1) is 11.6 Å². The largest absolute Gasteiger partial charge is 0.316 e. The van der Waals surface area contributed by atoms with Crippen molar-refractivity contribution < 1.29 is 13.0 Å². The van der Waals surface area contributed by atoms with Gasteiger partial charge in [-0.05, 0) is 38.1 Å². The summed E-state index contributed by atoms with van der Waals surface area (Å²) in [7, 11) is 0.568. The van der Waals surface area contributed by atoms with Crippen LogP contribution in [0.4, 0.5) is 8.78 Å². The Morgan fingerprint density at radius 1 is 1.16 bits per heavy atom. The van der Waals surface area contributed by atoms with E-state index in [1.54, 1.807) is 0 Å². The normalized spacial score (nSPS) is 25.8. The maximum atomic E-state index is 13.2. The van der Waals surface area contributed by atoms with Crippen molar-refractivity contribution in [2.24, 2.45) is 0 Å². The molecule has 0 aliphatic heterocycles. The van der Waals surface area contributed by atoms with E-state index in [9.17, 15) is 13.0 Å². The first-order valence-corrected chi connectivity index (χ1v) is 7.87. The molecule has 0 aromatic heterocycles. The lowest BCUT2D eigenvalue weighted by Gasteiger charge is -2.24. The van der Waals surface area contributed by atoms with Gasteiger partial charge >= 0.3 is 0 Å². The summed E-state index contributed by atoms with van der Waals surface area (Å²) in [6, 6.07) is 3.71. The minimum Gasteiger partial charge on any atom is -0.316 e. The zero-order valence-electron chi connectivity index (χ0n) is 11.0. The number of hydrogen-bond donors (Lipinski definition) is 1. The van der Waals surface area contributed by atoms with E-state index in [0.29, 0.717) is 4.90 Å². The first kappa shape index (κ1) is 14.6. The molecule has 1 aliphatic carbocycles. The van der Waals surface area contributed by atoms with E-state index < -0.39 is 22.4 Å². The minimum atomic E-state index is -1.30. The lowest BCUT2D eigenvalue weighted by Crippen LogP contribution is -2.39. The van der Waals surface area contributed by atoms with Crippen LogP contribution in [0.1, 0.15) is 32.1 Å². The average molecular weight is 287 g/mol. The number of halogens is 2. The second kappa shape index (κ2) is 6.57. The summed E-state index contributed by atoms with van der Waals surface area (Å²) in [5, 5.41) is 3.18. The fourth-order valence-corrected chi connectivity index (χ4v) is 4.36. The van der Waals surface area contributed by atoms with Gasteiger partial charge in [0.25, 0.3) is 0 Å². The van der Waals surface area contributed by atoms with Crippen molar-refractivity contribution in [1.29, 1.82) is 0 Å². The molecule has 0 bridgehead atoms. The van der Waals surface area contributed by atoms with Crippen molar-refractivity contribution in [2.75, 3.05) is 7.05 Å². The fourth-order valence-electron chi connectivity index (χ4n) is 2.64. The summed E-state index contributed by atoms with van der Waals surface area (Å²) < 4.78 is 38.7. The van der Waals surface area contributed by atoms with Gasteiger partial charge in [-0.2, -0.15) is 0 Å². The van der Waals surface area contributed by atoms with E-state index >= 15 is 0 Å². The smallest absolute Gasteiger partial charge is 0.160 e. The lowest BCUT2D eigenvalue weighted by atomic mass is 10.1. The summed E-state index contributed by atoms with van der Waals surface area (Å²) in [4.78, 5) is 0.381. The Hall–Kier alpha value is -0.810. The highest BCUT2D eigenvalue weighted by Gasteiger charge is 2.28. The third-order valence-electron chi connectivity index (χ3n) is 3.72. The molecule has 2 rings (SSSR count). The first-order valence-electron chi connectivity index (χ1n) is 6.66. The number of rotatable bonds is 3. The lowest BCUT2D eigenvalue weighted by molar-refractivity contribution is 0.496. The van der Waals surface area contributed by atoms with Gasteiger partial charge in [0.15, 0.2) is 11.6 Å². The minimum absolute atomic E-state index is 0.0302. The van der Waals surface area contributed by atoms with Gasteiger partial charge in [-0.3, -0.25) is 4.21 Å². The van der Waals surface area contributed by atoms with Crippen LogP contribution in [-0.2, 0) is 10.8 Å². The van der Waals surface area contributed by atoms with E-state index in [1.807, 2.05) is 7.05 Å². The van der Waals surface area contributed by atoms with E-state index in [-0.39, 0.29) is 11.3 Å². The molecule has 106 valence electrons. The van der Waals surface area contributed by atoms with Crippen LogP contribution in [0.2, 0.25) is 0 Å². The molecule has 1 aliphatic rings. The molecule has 0 radical (unpaired) electrons. The van der Waals surface area contributed by atoms with Crippen molar-refractivity contribution >= 4 is 10.8 Å². The van der Waals surface area contributed by atoms with Crippen molar-refractivity contribution in [3.8, 4) is 0 Å². The summed E-state index contributed by atoms with van der Waals surface area (Å²) in [6.45, 7) is 0. The predicted molar refractivity (Wildman–Crippen MR) is 72.5 cm³/mol. The Bertz CT molecular complexity index is 467. The molecule has 1 aromatic carbocycles. The zero-order chi connectivity index (χ0) is 13.8. The van der Waals surface area contributed by atoms with Crippen molar-refractivity contribution in [3.05, 3.63) is 29.8 Å². The number of nitrogens with one attached hydrogen (secondary N) is 1. The van der Waals surface area contributed by atoms with Gasteiger partial charge in [-0.15, -0.1) is 0 Å². The van der Waals surface area contributed by atoms with Crippen LogP contribution in [0.5, 0.6) is 0 Å². The van der Waals surface area contributed by atoms with Crippen LogP contribution in [0.25, 0.3) is 0 Å². The van der Waals surface area contributed by atoms with Gasteiger partial charge in [-0.25, -0.2) is 8.78 Å². The van der Waals surface area contributed by atoms with Gasteiger partial charge in [0.2, 0.25) is 0 Å². The van der Waals surface area contributed by atoms with E-state index in [2.05, 4.69) is 5.32 Å². The zero-order valence-corrected chi connectivity index (χ0v) is 11.8. The molecular weight excluding hydrogens is 268 g/mol. The second-order valence-corrected chi connectivity index (χ2v) is 6.62. The Morgan fingerprint density at radius 2 is 1.89 bits per heavy atom. The van der Waals surface area contributed by atoms with E-state index in [4.69, 9.17) is 0 Å². The fraction of sp³-hybridized carbons (Fsp3) is 0.571. The predicted octanol–water partition coefficient (Wildman–Crippen LogP) is 2.99. The first-order chi connectivity index (χ1) is 9.13. The van der Waals surface area contributed by atoms with Crippen LogP contribution in [-0.4, -0.2) is 22.5 Å². The quantitative estimate of drug-likeness (QED) is 0.866. The molecule has 3 atom stereocenters. The molecule has 2 nitrogen and oxygen atoms in total.